The summed E-state index contributed by atoms with van der Waals surface area (Å²) in [7, 11) is 2.22. The van der Waals surface area contributed by atoms with Crippen LogP contribution in [0.3, 0.4) is 0 Å². The first-order valence-corrected chi connectivity index (χ1v) is 7.78. The van der Waals surface area contributed by atoms with Gasteiger partial charge in [0.15, 0.2) is 0 Å². The van der Waals surface area contributed by atoms with E-state index in [4.69, 9.17) is 9.15 Å². The van der Waals surface area contributed by atoms with Crippen molar-refractivity contribution in [3.05, 3.63) is 24.2 Å². The molecule has 1 aromatic rings. The van der Waals surface area contributed by atoms with Gasteiger partial charge in [-0.1, -0.05) is 0 Å². The Morgan fingerprint density at radius 2 is 2.45 bits per heavy atom. The van der Waals surface area contributed by atoms with Gasteiger partial charge >= 0.3 is 0 Å². The monoisotopic (exact) mass is 280 g/mol. The summed E-state index contributed by atoms with van der Waals surface area (Å²) in [5.41, 5.74) is 0. The summed E-state index contributed by atoms with van der Waals surface area (Å²) in [4.78, 5) is 2.44. The van der Waals surface area contributed by atoms with Crippen LogP contribution in [-0.4, -0.2) is 44.2 Å². The fourth-order valence-corrected chi connectivity index (χ4v) is 2.85. The Bertz CT molecular complexity index is 353. The minimum absolute atomic E-state index is 0.579. The van der Waals surface area contributed by atoms with Crippen molar-refractivity contribution in [1.29, 1.82) is 0 Å². The lowest BCUT2D eigenvalue weighted by Crippen LogP contribution is -2.43. The van der Waals surface area contributed by atoms with Crippen LogP contribution in [-0.2, 0) is 11.3 Å². The van der Waals surface area contributed by atoms with E-state index in [1.165, 1.54) is 25.9 Å². The third kappa shape index (κ3) is 5.27. The van der Waals surface area contributed by atoms with Gasteiger partial charge in [0.1, 0.15) is 12.4 Å². The molecule has 4 heteroatoms. The first kappa shape index (κ1) is 15.5. The van der Waals surface area contributed by atoms with E-state index in [9.17, 15) is 0 Å². The van der Waals surface area contributed by atoms with Crippen molar-refractivity contribution in [3.8, 4) is 0 Å². The Labute approximate surface area is 122 Å². The van der Waals surface area contributed by atoms with Gasteiger partial charge in [0.2, 0.25) is 0 Å². The van der Waals surface area contributed by atoms with E-state index >= 15 is 0 Å². The smallest absolute Gasteiger partial charge is 0.129 e. The van der Waals surface area contributed by atoms with Crippen LogP contribution < -0.4 is 5.32 Å². The second-order valence-corrected chi connectivity index (χ2v) is 5.89. The van der Waals surface area contributed by atoms with Gasteiger partial charge in [0.05, 0.1) is 6.26 Å². The van der Waals surface area contributed by atoms with Crippen LogP contribution in [0.15, 0.2) is 22.8 Å². The average Bonchev–Trinajstić information content (AvgIpc) is 2.95. The van der Waals surface area contributed by atoms with Crippen LogP contribution in [0.5, 0.6) is 0 Å². The second kappa shape index (κ2) is 8.45. The molecule has 2 heterocycles. The lowest BCUT2D eigenvalue weighted by Gasteiger charge is -2.34. The highest BCUT2D eigenvalue weighted by Crippen LogP contribution is 2.18. The lowest BCUT2D eigenvalue weighted by molar-refractivity contribution is 0.102. The van der Waals surface area contributed by atoms with Crippen LogP contribution >= 0.6 is 0 Å². The number of hydrogen-bond donors (Lipinski definition) is 1. The number of hydrogen-bond acceptors (Lipinski definition) is 4. The average molecular weight is 280 g/mol. The molecule has 4 nitrogen and oxygen atoms in total. The molecule has 1 saturated heterocycles. The van der Waals surface area contributed by atoms with E-state index in [0.717, 1.165) is 31.3 Å². The van der Waals surface area contributed by atoms with Crippen LogP contribution in [0.1, 0.15) is 31.9 Å². The molecule has 1 N–H and O–H groups in total. The van der Waals surface area contributed by atoms with Crippen LogP contribution in [0.4, 0.5) is 0 Å². The minimum atomic E-state index is 0.579. The molecule has 2 atom stereocenters. The van der Waals surface area contributed by atoms with Crippen molar-refractivity contribution in [3.63, 3.8) is 0 Å². The Kier molecular flexibility index (Phi) is 6.57. The number of nitrogens with zero attached hydrogens (tertiary/aromatic N) is 1. The summed E-state index contributed by atoms with van der Waals surface area (Å²) in [5.74, 6) is 1.69. The summed E-state index contributed by atoms with van der Waals surface area (Å²) in [6, 6.07) is 4.44. The van der Waals surface area contributed by atoms with Crippen molar-refractivity contribution in [1.82, 2.24) is 10.2 Å². The maximum absolute atomic E-state index is 5.58. The lowest BCUT2D eigenvalue weighted by atomic mass is 9.92. The summed E-state index contributed by atoms with van der Waals surface area (Å²) in [5, 5.41) is 3.64. The number of furan rings is 1. The van der Waals surface area contributed by atoms with Crippen LogP contribution in [0.25, 0.3) is 0 Å². The van der Waals surface area contributed by atoms with Gasteiger partial charge in [-0.25, -0.2) is 0 Å². The molecular weight excluding hydrogens is 252 g/mol. The van der Waals surface area contributed by atoms with E-state index in [1.54, 1.807) is 6.26 Å². The van der Waals surface area contributed by atoms with E-state index in [2.05, 4.69) is 24.2 Å². The van der Waals surface area contributed by atoms with Crippen molar-refractivity contribution in [2.75, 3.05) is 33.3 Å². The molecule has 2 rings (SSSR count). The summed E-state index contributed by atoms with van der Waals surface area (Å²) in [6.45, 7) is 7.18. The molecule has 2 unspecified atom stereocenters. The van der Waals surface area contributed by atoms with E-state index in [1.807, 2.05) is 12.1 Å². The molecule has 1 fully saturated rings. The molecule has 20 heavy (non-hydrogen) atoms. The third-order valence-corrected chi connectivity index (χ3v) is 4.12. The fourth-order valence-electron chi connectivity index (χ4n) is 2.85. The minimum Gasteiger partial charge on any atom is -0.467 e. The van der Waals surface area contributed by atoms with Crippen molar-refractivity contribution < 1.29 is 9.15 Å². The summed E-state index contributed by atoms with van der Waals surface area (Å²) >= 11 is 0. The first-order valence-electron chi connectivity index (χ1n) is 7.78. The molecule has 0 bridgehead atoms. The largest absolute Gasteiger partial charge is 0.467 e. The molecule has 0 aliphatic carbocycles. The molecule has 1 aliphatic heterocycles. The van der Waals surface area contributed by atoms with Crippen molar-refractivity contribution >= 4 is 0 Å². The zero-order valence-electron chi connectivity index (χ0n) is 12.8. The fraction of sp³-hybridized carbons (Fsp3) is 0.750. The molecule has 1 aromatic heterocycles. The number of ether oxygens (including phenoxy) is 1. The second-order valence-electron chi connectivity index (χ2n) is 5.89. The van der Waals surface area contributed by atoms with Gasteiger partial charge in [-0.15, -0.1) is 0 Å². The van der Waals surface area contributed by atoms with Gasteiger partial charge in [0.25, 0.3) is 0 Å². The molecule has 114 valence electrons. The molecule has 1 aliphatic rings. The number of rotatable bonds is 8. The Balaban J connectivity index is 1.50. The number of nitrogens with one attached hydrogen (secondary N) is 1. The predicted octanol–water partition coefficient (Wildman–Crippen LogP) is 2.51. The topological polar surface area (TPSA) is 37.6 Å². The van der Waals surface area contributed by atoms with Crippen molar-refractivity contribution in [2.45, 2.75) is 38.8 Å². The van der Waals surface area contributed by atoms with Crippen LogP contribution in [0.2, 0.25) is 0 Å². The van der Waals surface area contributed by atoms with Gasteiger partial charge in [-0.2, -0.15) is 0 Å². The van der Waals surface area contributed by atoms with E-state index in [-0.39, 0.29) is 0 Å². The van der Waals surface area contributed by atoms with Crippen LogP contribution in [0, 0.1) is 5.92 Å². The normalized spacial score (nSPS) is 22.0. The molecule has 0 saturated carbocycles. The Morgan fingerprint density at radius 3 is 3.20 bits per heavy atom. The highest BCUT2D eigenvalue weighted by molar-refractivity contribution is 4.95. The Morgan fingerprint density at radius 1 is 1.55 bits per heavy atom. The van der Waals surface area contributed by atoms with Gasteiger partial charge < -0.3 is 19.4 Å². The van der Waals surface area contributed by atoms with Gasteiger partial charge in [-0.3, -0.25) is 0 Å². The molecule has 0 radical (unpaired) electrons. The Hall–Kier alpha value is -0.840. The van der Waals surface area contributed by atoms with Gasteiger partial charge in [-0.05, 0) is 64.4 Å². The number of piperidine rings is 1. The molecule has 0 spiro atoms. The predicted molar refractivity (Wildman–Crippen MR) is 80.7 cm³/mol. The quantitative estimate of drug-likeness (QED) is 0.743. The number of likely N-dealkylation sites (tertiary alicyclic amines) is 1. The highest BCUT2D eigenvalue weighted by atomic mass is 16.5. The van der Waals surface area contributed by atoms with Gasteiger partial charge in [0, 0.05) is 19.2 Å². The maximum atomic E-state index is 5.58. The summed E-state index contributed by atoms with van der Waals surface area (Å²) < 4.78 is 10.8. The highest BCUT2D eigenvalue weighted by Gasteiger charge is 2.21. The standard InChI is InChI=1S/C16H28N2O2/c1-14(15-6-3-9-18(2)12-15)17-8-5-10-19-13-16-7-4-11-20-16/h4,7,11,14-15,17H,3,5-6,8-10,12-13H2,1-2H3. The third-order valence-electron chi connectivity index (χ3n) is 4.12. The SMILES string of the molecule is CC(NCCCOCc1ccco1)C1CCCN(C)C1. The molecule has 0 amide bonds. The zero-order chi connectivity index (χ0) is 14.2. The molecular formula is C16H28N2O2. The molecule has 0 aromatic carbocycles. The maximum Gasteiger partial charge on any atom is 0.129 e. The van der Waals surface area contributed by atoms with E-state index in [0.29, 0.717) is 12.6 Å². The van der Waals surface area contributed by atoms with Crippen molar-refractivity contribution in [2.24, 2.45) is 5.92 Å². The van der Waals surface area contributed by atoms with E-state index < -0.39 is 0 Å². The zero-order valence-corrected chi connectivity index (χ0v) is 12.8. The summed E-state index contributed by atoms with van der Waals surface area (Å²) in [6.07, 6.45) is 5.42. The first-order chi connectivity index (χ1) is 9.75.